The van der Waals surface area contributed by atoms with E-state index in [1.165, 1.54) is 16.9 Å². The van der Waals surface area contributed by atoms with Crippen LogP contribution in [-0.4, -0.2) is 23.7 Å². The number of anilines is 2. The highest BCUT2D eigenvalue weighted by Crippen LogP contribution is 2.34. The fourth-order valence-electron chi connectivity index (χ4n) is 3.15. The van der Waals surface area contributed by atoms with Gasteiger partial charge in [-0.05, 0) is 80.7 Å². The standard InChI is InChI=1S/C27H20Br2N4O2S/c1-3-12-35-25-22(28)13-18(14-23(25)29)15-30-33-26(34)20-8-6-19(7-9-20)24-16-36-27(32-24)31-21-10-4-17(2)5-11-21/h1,4-11,13-16H,12H2,2H3,(H,31,32)(H,33,34)/b30-15-. The molecule has 0 bridgehead atoms. The number of halogens is 2. The van der Waals surface area contributed by atoms with Gasteiger partial charge in [0.05, 0.1) is 20.9 Å². The number of aryl methyl sites for hydroxylation is 1. The van der Waals surface area contributed by atoms with Crippen LogP contribution in [-0.2, 0) is 0 Å². The van der Waals surface area contributed by atoms with E-state index in [1.807, 2.05) is 41.8 Å². The number of hydrogen-bond donors (Lipinski definition) is 2. The predicted octanol–water partition coefficient (Wildman–Crippen LogP) is 7.16. The van der Waals surface area contributed by atoms with Crippen LogP contribution >= 0.6 is 43.2 Å². The molecule has 36 heavy (non-hydrogen) atoms. The monoisotopic (exact) mass is 622 g/mol. The van der Waals surface area contributed by atoms with Gasteiger partial charge in [0.2, 0.25) is 0 Å². The normalized spacial score (nSPS) is 10.7. The summed E-state index contributed by atoms with van der Waals surface area (Å²) >= 11 is 8.43. The molecule has 0 aliphatic carbocycles. The first-order valence-electron chi connectivity index (χ1n) is 10.7. The van der Waals surface area contributed by atoms with Crippen molar-refractivity contribution in [1.29, 1.82) is 0 Å². The van der Waals surface area contributed by atoms with Gasteiger partial charge in [0.25, 0.3) is 5.91 Å². The molecule has 0 fully saturated rings. The second kappa shape index (κ2) is 12.0. The molecule has 0 atom stereocenters. The highest BCUT2D eigenvalue weighted by atomic mass is 79.9. The average Bonchev–Trinajstić information content (AvgIpc) is 3.33. The first kappa shape index (κ1) is 25.6. The van der Waals surface area contributed by atoms with E-state index in [9.17, 15) is 4.79 Å². The number of rotatable bonds is 8. The van der Waals surface area contributed by atoms with Gasteiger partial charge < -0.3 is 10.1 Å². The van der Waals surface area contributed by atoms with Gasteiger partial charge in [0.15, 0.2) is 5.13 Å². The van der Waals surface area contributed by atoms with E-state index in [1.54, 1.807) is 18.3 Å². The zero-order valence-corrected chi connectivity index (χ0v) is 23.1. The minimum absolute atomic E-state index is 0.160. The van der Waals surface area contributed by atoms with E-state index < -0.39 is 0 Å². The van der Waals surface area contributed by atoms with Crippen molar-refractivity contribution in [3.63, 3.8) is 0 Å². The number of hydrogen-bond acceptors (Lipinski definition) is 6. The maximum Gasteiger partial charge on any atom is 0.271 e. The van der Waals surface area contributed by atoms with Crippen LogP contribution in [0.2, 0.25) is 0 Å². The zero-order chi connectivity index (χ0) is 25.5. The van der Waals surface area contributed by atoms with Gasteiger partial charge in [0.1, 0.15) is 12.4 Å². The number of aromatic nitrogens is 1. The molecule has 0 radical (unpaired) electrons. The summed E-state index contributed by atoms with van der Waals surface area (Å²) in [5, 5.41) is 10.2. The number of terminal acetylenes is 1. The SMILES string of the molecule is C#CCOc1c(Br)cc(/C=N\NC(=O)c2ccc(-c3csc(Nc4ccc(C)cc4)n3)cc2)cc1Br. The second-order valence-electron chi connectivity index (χ2n) is 7.61. The summed E-state index contributed by atoms with van der Waals surface area (Å²) in [6.45, 7) is 2.21. The molecule has 9 heteroatoms. The summed E-state index contributed by atoms with van der Waals surface area (Å²) in [4.78, 5) is 17.2. The van der Waals surface area contributed by atoms with E-state index in [4.69, 9.17) is 11.2 Å². The van der Waals surface area contributed by atoms with Crippen LogP contribution in [0.15, 0.2) is 80.1 Å². The van der Waals surface area contributed by atoms with Gasteiger partial charge in [-0.2, -0.15) is 5.10 Å². The topological polar surface area (TPSA) is 75.6 Å². The lowest BCUT2D eigenvalue weighted by Crippen LogP contribution is -2.17. The number of hydrazone groups is 1. The van der Waals surface area contributed by atoms with Crippen molar-refractivity contribution >= 4 is 66.1 Å². The third-order valence-electron chi connectivity index (χ3n) is 4.95. The molecular formula is C27H20Br2N4O2S. The molecule has 4 rings (SSSR count). The van der Waals surface area contributed by atoms with Gasteiger partial charge >= 0.3 is 0 Å². The third kappa shape index (κ3) is 6.61. The largest absolute Gasteiger partial charge is 0.479 e. The highest BCUT2D eigenvalue weighted by Gasteiger charge is 2.10. The molecule has 0 unspecified atom stereocenters. The molecule has 0 saturated heterocycles. The number of nitrogens with one attached hydrogen (secondary N) is 2. The second-order valence-corrected chi connectivity index (χ2v) is 10.2. The molecule has 1 amide bonds. The Bertz CT molecular complexity index is 1420. The maximum atomic E-state index is 12.5. The molecule has 3 aromatic carbocycles. The number of amides is 1. The summed E-state index contributed by atoms with van der Waals surface area (Å²) in [5.41, 5.74) is 7.75. The van der Waals surface area contributed by atoms with Crippen molar-refractivity contribution in [3.05, 3.63) is 91.7 Å². The summed E-state index contributed by atoms with van der Waals surface area (Å²) in [7, 11) is 0. The van der Waals surface area contributed by atoms with Crippen LogP contribution in [0.5, 0.6) is 5.75 Å². The van der Waals surface area contributed by atoms with Gasteiger partial charge in [-0.15, -0.1) is 17.8 Å². The third-order valence-corrected chi connectivity index (χ3v) is 6.89. The molecule has 0 saturated carbocycles. The van der Waals surface area contributed by atoms with Crippen molar-refractivity contribution in [2.24, 2.45) is 5.10 Å². The van der Waals surface area contributed by atoms with Crippen LogP contribution in [0.1, 0.15) is 21.5 Å². The summed E-state index contributed by atoms with van der Waals surface area (Å²) in [6, 6.07) is 19.0. The van der Waals surface area contributed by atoms with Crippen molar-refractivity contribution in [3.8, 4) is 29.4 Å². The van der Waals surface area contributed by atoms with Gasteiger partial charge in [-0.1, -0.05) is 35.7 Å². The van der Waals surface area contributed by atoms with Gasteiger partial charge in [-0.25, -0.2) is 10.4 Å². The maximum absolute atomic E-state index is 12.5. The zero-order valence-electron chi connectivity index (χ0n) is 19.1. The van der Waals surface area contributed by atoms with Crippen LogP contribution in [0, 0.1) is 19.3 Å². The Hall–Kier alpha value is -3.45. The van der Waals surface area contributed by atoms with Crippen LogP contribution in [0.4, 0.5) is 10.8 Å². The molecule has 1 aromatic heterocycles. The summed E-state index contributed by atoms with van der Waals surface area (Å²) in [6.07, 6.45) is 6.79. The summed E-state index contributed by atoms with van der Waals surface area (Å²) < 4.78 is 6.93. The Labute approximate surface area is 230 Å². The fraction of sp³-hybridized carbons (Fsp3) is 0.0741. The van der Waals surface area contributed by atoms with E-state index in [0.717, 1.165) is 36.6 Å². The molecule has 180 valence electrons. The number of carbonyl (C=O) groups is 1. The Morgan fingerprint density at radius 1 is 1.14 bits per heavy atom. The number of ether oxygens (including phenoxy) is 1. The number of benzene rings is 3. The quantitative estimate of drug-likeness (QED) is 0.124. The highest BCUT2D eigenvalue weighted by molar-refractivity contribution is 9.11. The Morgan fingerprint density at radius 2 is 1.83 bits per heavy atom. The molecule has 6 nitrogen and oxygen atoms in total. The molecule has 2 N–H and O–H groups in total. The smallest absolute Gasteiger partial charge is 0.271 e. The fourth-order valence-corrected chi connectivity index (χ4v) is 5.34. The molecule has 4 aromatic rings. The molecule has 0 aliphatic heterocycles. The van der Waals surface area contributed by atoms with Crippen LogP contribution in [0.25, 0.3) is 11.3 Å². The van der Waals surface area contributed by atoms with Gasteiger partial charge in [0, 0.05) is 22.2 Å². The van der Waals surface area contributed by atoms with Crippen molar-refractivity contribution in [1.82, 2.24) is 10.4 Å². The van der Waals surface area contributed by atoms with Crippen LogP contribution in [0.3, 0.4) is 0 Å². The minimum atomic E-state index is -0.315. The van der Waals surface area contributed by atoms with E-state index in [2.05, 4.69) is 77.7 Å². The number of thiazole rings is 1. The average molecular weight is 624 g/mol. The lowest BCUT2D eigenvalue weighted by atomic mass is 10.1. The number of nitrogens with zero attached hydrogens (tertiary/aromatic N) is 2. The van der Waals surface area contributed by atoms with Crippen LogP contribution < -0.4 is 15.5 Å². The lowest BCUT2D eigenvalue weighted by molar-refractivity contribution is 0.0955. The molecular weight excluding hydrogens is 604 g/mol. The Morgan fingerprint density at radius 3 is 2.50 bits per heavy atom. The van der Waals surface area contributed by atoms with Crippen molar-refractivity contribution in [2.45, 2.75) is 6.92 Å². The van der Waals surface area contributed by atoms with E-state index in [0.29, 0.717) is 11.3 Å². The molecule has 0 spiro atoms. The number of carbonyl (C=O) groups excluding carboxylic acids is 1. The predicted molar refractivity (Wildman–Crippen MR) is 153 cm³/mol. The minimum Gasteiger partial charge on any atom is -0.479 e. The first-order chi connectivity index (χ1) is 17.4. The first-order valence-corrected chi connectivity index (χ1v) is 13.2. The van der Waals surface area contributed by atoms with Crippen molar-refractivity contribution < 1.29 is 9.53 Å². The summed E-state index contributed by atoms with van der Waals surface area (Å²) in [5.74, 6) is 2.72. The van der Waals surface area contributed by atoms with Crippen molar-refractivity contribution in [2.75, 3.05) is 11.9 Å². The van der Waals surface area contributed by atoms with E-state index in [-0.39, 0.29) is 12.5 Å². The Kier molecular flexibility index (Phi) is 8.54. The molecule has 0 aliphatic rings. The lowest BCUT2D eigenvalue weighted by Gasteiger charge is -2.08. The van der Waals surface area contributed by atoms with Gasteiger partial charge in [-0.3, -0.25) is 4.79 Å². The molecule has 1 heterocycles. The van der Waals surface area contributed by atoms with E-state index >= 15 is 0 Å². The Balaban J connectivity index is 1.36.